The lowest BCUT2D eigenvalue weighted by atomic mass is 10.1. The average molecular weight is 299 g/mol. The minimum atomic E-state index is -1.14. The van der Waals surface area contributed by atoms with Crippen molar-refractivity contribution in [2.45, 2.75) is 0 Å². The molecule has 0 saturated heterocycles. The number of hydrogen-bond donors (Lipinski definition) is 1. The van der Waals surface area contributed by atoms with Crippen molar-refractivity contribution in [2.75, 3.05) is 0 Å². The van der Waals surface area contributed by atoms with Gasteiger partial charge in [0.2, 0.25) is 0 Å². The predicted molar refractivity (Wildman–Crippen MR) is 63.3 cm³/mol. The molecule has 0 amide bonds. The minimum Gasteiger partial charge on any atom is -0.476 e. The number of benzene rings is 1. The lowest BCUT2D eigenvalue weighted by molar-refractivity contribution is 0.0689. The van der Waals surface area contributed by atoms with E-state index in [4.69, 9.17) is 5.11 Å². The summed E-state index contributed by atoms with van der Waals surface area (Å²) < 4.78 is 15.5. The van der Waals surface area contributed by atoms with E-state index in [-0.39, 0.29) is 5.69 Å². The van der Waals surface area contributed by atoms with E-state index in [1.165, 1.54) is 10.7 Å². The van der Waals surface area contributed by atoms with Crippen LogP contribution in [0.5, 0.6) is 0 Å². The molecule has 1 N–H and O–H groups in total. The summed E-state index contributed by atoms with van der Waals surface area (Å²) in [6, 6.07) is 6.17. The van der Waals surface area contributed by atoms with Gasteiger partial charge in [-0.3, -0.25) is 4.68 Å². The Hall–Kier alpha value is -1.69. The Kier molecular flexibility index (Phi) is 2.97. The molecule has 1 heterocycles. The molecular weight excluding hydrogens is 291 g/mol. The molecule has 1 aromatic heterocycles. The van der Waals surface area contributed by atoms with E-state index >= 15 is 0 Å². The van der Waals surface area contributed by atoms with Crippen molar-refractivity contribution in [1.82, 2.24) is 9.78 Å². The highest BCUT2D eigenvalue weighted by molar-refractivity contribution is 9.10. The van der Waals surface area contributed by atoms with Crippen molar-refractivity contribution in [3.8, 4) is 11.3 Å². The molecule has 0 fully saturated rings. The molecular formula is C11H8BrFN2O2. The molecule has 0 spiro atoms. The summed E-state index contributed by atoms with van der Waals surface area (Å²) in [5, 5.41) is 12.6. The van der Waals surface area contributed by atoms with Crippen LogP contribution in [0, 0.1) is 5.82 Å². The van der Waals surface area contributed by atoms with Crippen LogP contribution < -0.4 is 0 Å². The lowest BCUT2D eigenvalue weighted by Crippen LogP contribution is -1.99. The molecule has 6 heteroatoms. The number of halogens is 2. The molecule has 0 radical (unpaired) electrons. The van der Waals surface area contributed by atoms with E-state index in [0.717, 1.165) is 0 Å². The van der Waals surface area contributed by atoms with Crippen LogP contribution in [0.3, 0.4) is 0 Å². The van der Waals surface area contributed by atoms with Crippen molar-refractivity contribution in [3.05, 3.63) is 40.2 Å². The van der Waals surface area contributed by atoms with Gasteiger partial charge >= 0.3 is 5.97 Å². The smallest absolute Gasteiger partial charge is 0.356 e. The van der Waals surface area contributed by atoms with Crippen LogP contribution in [-0.4, -0.2) is 20.9 Å². The van der Waals surface area contributed by atoms with Gasteiger partial charge in [0.1, 0.15) is 5.82 Å². The van der Waals surface area contributed by atoms with Crippen LogP contribution in [0.4, 0.5) is 4.39 Å². The maximum absolute atomic E-state index is 13.8. The van der Waals surface area contributed by atoms with Gasteiger partial charge in [0.05, 0.1) is 10.2 Å². The maximum atomic E-state index is 13.8. The summed E-state index contributed by atoms with van der Waals surface area (Å²) in [5.74, 6) is -1.57. The Balaban J connectivity index is 2.60. The third-order valence-corrected chi connectivity index (χ3v) is 2.94. The number of carbonyl (C=O) groups is 1. The van der Waals surface area contributed by atoms with Gasteiger partial charge < -0.3 is 5.11 Å². The maximum Gasteiger partial charge on any atom is 0.356 e. The highest BCUT2D eigenvalue weighted by atomic mass is 79.9. The van der Waals surface area contributed by atoms with E-state index in [1.54, 1.807) is 25.2 Å². The third-order valence-electron chi connectivity index (χ3n) is 2.33. The summed E-state index contributed by atoms with van der Waals surface area (Å²) in [5.41, 5.74) is 0.616. The molecule has 4 nitrogen and oxygen atoms in total. The SMILES string of the molecule is Cn1nc(C(=O)O)cc1-c1cccc(Br)c1F. The Morgan fingerprint density at radius 1 is 1.53 bits per heavy atom. The summed E-state index contributed by atoms with van der Waals surface area (Å²) in [4.78, 5) is 10.8. The van der Waals surface area contributed by atoms with Gasteiger partial charge in [0.25, 0.3) is 0 Å². The Labute approximate surface area is 105 Å². The van der Waals surface area contributed by atoms with E-state index in [1.807, 2.05) is 0 Å². The minimum absolute atomic E-state index is 0.109. The first kappa shape index (κ1) is 11.8. The molecule has 88 valence electrons. The van der Waals surface area contributed by atoms with Crippen LogP contribution >= 0.6 is 15.9 Å². The fourth-order valence-corrected chi connectivity index (χ4v) is 1.89. The number of hydrogen-bond acceptors (Lipinski definition) is 2. The zero-order valence-electron chi connectivity index (χ0n) is 8.82. The van der Waals surface area contributed by atoms with Crippen molar-refractivity contribution >= 4 is 21.9 Å². The quantitative estimate of drug-likeness (QED) is 0.927. The Morgan fingerprint density at radius 3 is 2.82 bits per heavy atom. The molecule has 0 bridgehead atoms. The predicted octanol–water partition coefficient (Wildman–Crippen LogP) is 2.69. The standard InChI is InChI=1S/C11H8BrFN2O2/c1-15-9(5-8(14-15)11(16)17)6-3-2-4-7(12)10(6)13/h2-5H,1H3,(H,16,17). The highest BCUT2D eigenvalue weighted by Gasteiger charge is 2.16. The second-order valence-electron chi connectivity index (χ2n) is 3.44. The van der Waals surface area contributed by atoms with Crippen molar-refractivity contribution < 1.29 is 14.3 Å². The third kappa shape index (κ3) is 2.08. The number of aromatic carboxylic acids is 1. The number of carboxylic acid groups (broad SMARTS) is 1. The number of nitrogens with zero attached hydrogens (tertiary/aromatic N) is 2. The van der Waals surface area contributed by atoms with E-state index < -0.39 is 11.8 Å². The largest absolute Gasteiger partial charge is 0.476 e. The zero-order chi connectivity index (χ0) is 12.6. The first-order valence-electron chi connectivity index (χ1n) is 4.72. The van der Waals surface area contributed by atoms with Crippen LogP contribution in [0.15, 0.2) is 28.7 Å². The van der Waals surface area contributed by atoms with Crippen LogP contribution in [0.1, 0.15) is 10.5 Å². The summed E-state index contributed by atoms with van der Waals surface area (Å²) in [6.07, 6.45) is 0. The second-order valence-corrected chi connectivity index (χ2v) is 4.30. The second kappa shape index (κ2) is 4.29. The fourth-order valence-electron chi connectivity index (χ4n) is 1.53. The summed E-state index contributed by atoms with van der Waals surface area (Å²) in [7, 11) is 1.57. The van der Waals surface area contributed by atoms with E-state index in [0.29, 0.717) is 15.7 Å². The van der Waals surface area contributed by atoms with E-state index in [2.05, 4.69) is 21.0 Å². The topological polar surface area (TPSA) is 55.1 Å². The molecule has 2 rings (SSSR count). The van der Waals surface area contributed by atoms with Gasteiger partial charge in [0.15, 0.2) is 5.69 Å². The summed E-state index contributed by atoms with van der Waals surface area (Å²) >= 11 is 3.08. The van der Waals surface area contributed by atoms with Gasteiger partial charge in [-0.25, -0.2) is 9.18 Å². The average Bonchev–Trinajstić information content (AvgIpc) is 2.65. The molecule has 0 unspecified atom stereocenters. The lowest BCUT2D eigenvalue weighted by Gasteiger charge is -2.04. The van der Waals surface area contributed by atoms with Crippen molar-refractivity contribution in [1.29, 1.82) is 0 Å². The Morgan fingerprint density at radius 2 is 2.24 bits per heavy atom. The molecule has 0 aliphatic carbocycles. The molecule has 0 saturated carbocycles. The Bertz CT molecular complexity index is 595. The van der Waals surface area contributed by atoms with E-state index in [9.17, 15) is 9.18 Å². The molecule has 0 atom stereocenters. The number of rotatable bonds is 2. The molecule has 2 aromatic rings. The van der Waals surface area contributed by atoms with Gasteiger partial charge in [-0.15, -0.1) is 0 Å². The van der Waals surface area contributed by atoms with Gasteiger partial charge in [-0.1, -0.05) is 6.07 Å². The van der Waals surface area contributed by atoms with Gasteiger partial charge in [-0.2, -0.15) is 5.10 Å². The number of carboxylic acids is 1. The molecule has 17 heavy (non-hydrogen) atoms. The normalized spacial score (nSPS) is 10.5. The monoisotopic (exact) mass is 298 g/mol. The zero-order valence-corrected chi connectivity index (χ0v) is 10.4. The highest BCUT2D eigenvalue weighted by Crippen LogP contribution is 2.27. The number of aromatic nitrogens is 2. The number of aryl methyl sites for hydroxylation is 1. The first-order chi connectivity index (χ1) is 8.00. The summed E-state index contributed by atoms with van der Waals surface area (Å²) in [6.45, 7) is 0. The molecule has 1 aromatic carbocycles. The molecule has 0 aliphatic heterocycles. The molecule has 0 aliphatic rings. The fraction of sp³-hybridized carbons (Fsp3) is 0.0909. The van der Waals surface area contributed by atoms with Gasteiger partial charge in [0, 0.05) is 12.6 Å². The van der Waals surface area contributed by atoms with Crippen molar-refractivity contribution in [2.24, 2.45) is 7.05 Å². The van der Waals surface area contributed by atoms with Crippen LogP contribution in [0.25, 0.3) is 11.3 Å². The van der Waals surface area contributed by atoms with Crippen LogP contribution in [0.2, 0.25) is 0 Å². The van der Waals surface area contributed by atoms with Gasteiger partial charge in [-0.05, 0) is 34.1 Å². The van der Waals surface area contributed by atoms with Crippen LogP contribution in [-0.2, 0) is 7.05 Å². The first-order valence-corrected chi connectivity index (χ1v) is 5.51. The van der Waals surface area contributed by atoms with Crippen molar-refractivity contribution in [3.63, 3.8) is 0 Å².